The van der Waals surface area contributed by atoms with Crippen molar-refractivity contribution >= 4 is 6.03 Å². The molecule has 134 valence electrons. The molecule has 1 saturated heterocycles. The topological polar surface area (TPSA) is 64.7 Å². The number of carbonyl (C=O) groups excluding carboxylic acids is 1. The maximum Gasteiger partial charge on any atom is 0.361 e. The zero-order valence-corrected chi connectivity index (χ0v) is 14.7. The summed E-state index contributed by atoms with van der Waals surface area (Å²) in [5, 5.41) is 0. The van der Waals surface area contributed by atoms with Crippen molar-refractivity contribution in [2.45, 2.75) is 32.1 Å². The highest BCUT2D eigenvalue weighted by atomic mass is 16.5. The maximum absolute atomic E-state index is 12.7. The van der Waals surface area contributed by atoms with Gasteiger partial charge in [0.05, 0.1) is 17.9 Å². The molecule has 2 aromatic rings. The molecule has 0 saturated carbocycles. The average molecular weight is 344 g/mol. The van der Waals surface area contributed by atoms with E-state index in [1.165, 1.54) is 5.56 Å². The van der Waals surface area contributed by atoms with Crippen LogP contribution < -0.4 is 5.63 Å². The number of amides is 1. The molecule has 0 bridgehead atoms. The number of hydrogen-bond donors (Lipinski definition) is 0. The Labute approximate surface area is 147 Å². The van der Waals surface area contributed by atoms with Gasteiger partial charge in [-0.1, -0.05) is 30.3 Å². The Morgan fingerprint density at radius 2 is 1.92 bits per heavy atom. The van der Waals surface area contributed by atoms with Crippen LogP contribution in [0.15, 0.2) is 39.6 Å². The van der Waals surface area contributed by atoms with E-state index in [0.717, 1.165) is 17.6 Å². The van der Waals surface area contributed by atoms with Crippen molar-refractivity contribution in [3.8, 4) is 0 Å². The maximum atomic E-state index is 12.7. The molecule has 1 fully saturated rings. The van der Waals surface area contributed by atoms with Crippen molar-refractivity contribution in [1.29, 1.82) is 0 Å². The Morgan fingerprint density at radius 3 is 2.56 bits per heavy atom. The van der Waals surface area contributed by atoms with Gasteiger partial charge in [-0.15, -0.1) is 4.74 Å². The molecule has 0 radical (unpaired) electrons. The number of likely N-dealkylation sites (tertiary alicyclic amines) is 1. The van der Waals surface area contributed by atoms with Crippen LogP contribution in [0.25, 0.3) is 0 Å². The van der Waals surface area contributed by atoms with Crippen molar-refractivity contribution in [3.05, 3.63) is 57.6 Å². The molecule has 0 unspecified atom stereocenters. The lowest BCUT2D eigenvalue weighted by Crippen LogP contribution is -2.40. The number of aromatic nitrogens is 1. The second kappa shape index (κ2) is 7.70. The van der Waals surface area contributed by atoms with Gasteiger partial charge in [-0.3, -0.25) is 0 Å². The molecule has 0 atom stereocenters. The molecule has 6 nitrogen and oxygen atoms in total. The molecular weight excluding hydrogens is 320 g/mol. The van der Waals surface area contributed by atoms with E-state index in [1.54, 1.807) is 18.9 Å². The first-order valence-electron chi connectivity index (χ1n) is 8.66. The molecule has 6 heteroatoms. The van der Waals surface area contributed by atoms with Gasteiger partial charge in [0, 0.05) is 26.6 Å². The van der Waals surface area contributed by atoms with E-state index in [9.17, 15) is 9.59 Å². The molecule has 1 aromatic carbocycles. The number of rotatable bonds is 4. The zero-order valence-electron chi connectivity index (χ0n) is 14.7. The van der Waals surface area contributed by atoms with E-state index in [-0.39, 0.29) is 6.03 Å². The predicted octanol–water partition coefficient (Wildman–Crippen LogP) is 2.79. The van der Waals surface area contributed by atoms with E-state index in [1.807, 2.05) is 18.2 Å². The van der Waals surface area contributed by atoms with E-state index in [4.69, 9.17) is 9.26 Å². The summed E-state index contributed by atoms with van der Waals surface area (Å²) >= 11 is 0. The van der Waals surface area contributed by atoms with E-state index >= 15 is 0 Å². The van der Waals surface area contributed by atoms with Crippen LogP contribution in [-0.4, -0.2) is 42.5 Å². The largest absolute Gasteiger partial charge is 0.384 e. The Bertz CT molecular complexity index is 770. The molecule has 2 heterocycles. The Hall–Kier alpha value is -2.34. The van der Waals surface area contributed by atoms with Crippen LogP contribution in [-0.2, 0) is 11.2 Å². The molecular formula is C19H24N2O4. The molecule has 1 amide bonds. The van der Waals surface area contributed by atoms with Crippen molar-refractivity contribution in [3.63, 3.8) is 0 Å². The summed E-state index contributed by atoms with van der Waals surface area (Å²) in [4.78, 5) is 26.5. The Kier molecular flexibility index (Phi) is 5.38. The number of methoxy groups -OCH3 is 1. The van der Waals surface area contributed by atoms with Crippen LogP contribution >= 0.6 is 0 Å². The van der Waals surface area contributed by atoms with Crippen LogP contribution in [0.2, 0.25) is 0 Å². The van der Waals surface area contributed by atoms with Gasteiger partial charge in [-0.05, 0) is 31.2 Å². The number of nitrogens with zero attached hydrogens (tertiary/aromatic N) is 2. The summed E-state index contributed by atoms with van der Waals surface area (Å²) in [6.07, 6.45) is 2.27. The lowest BCUT2D eigenvalue weighted by Gasteiger charge is -2.31. The third-order valence-electron chi connectivity index (χ3n) is 4.93. The fraction of sp³-hybridized carbons (Fsp3) is 0.474. The molecule has 3 rings (SSSR count). The highest BCUT2D eigenvalue weighted by Crippen LogP contribution is 2.28. The van der Waals surface area contributed by atoms with Crippen LogP contribution in [0.3, 0.4) is 0 Å². The van der Waals surface area contributed by atoms with Gasteiger partial charge in [0.15, 0.2) is 0 Å². The van der Waals surface area contributed by atoms with Gasteiger partial charge >= 0.3 is 11.7 Å². The normalized spacial score (nSPS) is 15.5. The van der Waals surface area contributed by atoms with Gasteiger partial charge in [-0.25, -0.2) is 9.59 Å². The average Bonchev–Trinajstić information content (AvgIpc) is 2.94. The lowest BCUT2D eigenvalue weighted by molar-refractivity contribution is 0.151. The molecule has 25 heavy (non-hydrogen) atoms. The summed E-state index contributed by atoms with van der Waals surface area (Å²) in [5.74, 6) is 0.472. The van der Waals surface area contributed by atoms with Gasteiger partial charge in [-0.2, -0.15) is 0 Å². The molecule has 0 aliphatic carbocycles. The van der Waals surface area contributed by atoms with E-state index in [0.29, 0.717) is 43.3 Å². The summed E-state index contributed by atoms with van der Waals surface area (Å²) in [7, 11) is 1.58. The molecule has 1 aliphatic rings. The van der Waals surface area contributed by atoms with Gasteiger partial charge in [0.25, 0.3) is 0 Å². The minimum absolute atomic E-state index is 0.259. The van der Waals surface area contributed by atoms with Crippen molar-refractivity contribution < 1.29 is 14.1 Å². The highest BCUT2D eigenvalue weighted by molar-refractivity contribution is 5.76. The minimum Gasteiger partial charge on any atom is -0.384 e. The summed E-state index contributed by atoms with van der Waals surface area (Å²) in [6.45, 7) is 3.48. The number of piperidine rings is 1. The van der Waals surface area contributed by atoms with E-state index in [2.05, 4.69) is 12.1 Å². The Balaban J connectivity index is 1.68. The van der Waals surface area contributed by atoms with Gasteiger partial charge < -0.3 is 14.2 Å². The van der Waals surface area contributed by atoms with Crippen molar-refractivity contribution in [2.24, 2.45) is 0 Å². The predicted molar refractivity (Wildman–Crippen MR) is 94.1 cm³/mol. The van der Waals surface area contributed by atoms with Gasteiger partial charge in [0.1, 0.15) is 0 Å². The van der Waals surface area contributed by atoms with Gasteiger partial charge in [0.2, 0.25) is 0 Å². The smallest absolute Gasteiger partial charge is 0.361 e. The first-order chi connectivity index (χ1) is 12.1. The van der Waals surface area contributed by atoms with E-state index < -0.39 is 5.63 Å². The first kappa shape index (κ1) is 17.5. The number of benzene rings is 1. The third-order valence-corrected chi connectivity index (χ3v) is 4.93. The zero-order chi connectivity index (χ0) is 17.8. The van der Waals surface area contributed by atoms with Crippen LogP contribution in [0.1, 0.15) is 35.6 Å². The lowest BCUT2D eigenvalue weighted by atomic mass is 9.90. The highest BCUT2D eigenvalue weighted by Gasteiger charge is 2.27. The van der Waals surface area contributed by atoms with Crippen molar-refractivity contribution in [2.75, 3.05) is 26.8 Å². The molecule has 1 aliphatic heterocycles. The van der Waals surface area contributed by atoms with Crippen molar-refractivity contribution in [1.82, 2.24) is 9.64 Å². The molecule has 0 spiro atoms. The third kappa shape index (κ3) is 3.69. The number of hydrogen-bond acceptors (Lipinski definition) is 4. The number of ether oxygens (including phenoxy) is 1. The van der Waals surface area contributed by atoms with Crippen LogP contribution in [0.5, 0.6) is 0 Å². The first-order valence-corrected chi connectivity index (χ1v) is 8.66. The second-order valence-corrected chi connectivity index (χ2v) is 6.43. The monoisotopic (exact) mass is 344 g/mol. The summed E-state index contributed by atoms with van der Waals surface area (Å²) in [5.41, 5.74) is 1.94. The van der Waals surface area contributed by atoms with Crippen LogP contribution in [0, 0.1) is 6.92 Å². The minimum atomic E-state index is -0.456. The Morgan fingerprint density at radius 1 is 1.24 bits per heavy atom. The second-order valence-electron chi connectivity index (χ2n) is 6.43. The fourth-order valence-corrected chi connectivity index (χ4v) is 3.40. The summed E-state index contributed by atoms with van der Waals surface area (Å²) < 4.78 is 11.3. The molecule has 0 N–H and O–H groups in total. The summed E-state index contributed by atoms with van der Waals surface area (Å²) in [6, 6.07) is 10.1. The van der Waals surface area contributed by atoms with Crippen LogP contribution in [0.4, 0.5) is 4.79 Å². The molecule has 1 aromatic heterocycles. The fourth-order valence-electron chi connectivity index (χ4n) is 3.40. The number of carbonyl (C=O) groups is 1. The quantitative estimate of drug-likeness (QED) is 0.855. The SMILES string of the molecule is COCCc1c(C)n(C(=O)N2CCC(c3ccccc3)CC2)oc1=O. The standard InChI is InChI=1S/C19H24N2O4/c1-14-17(10-13-24-2)18(22)25-21(14)19(23)20-11-8-16(9-12-20)15-6-4-3-5-7-15/h3-7,16H,8-13H2,1-2H3.